The number of rotatable bonds is 6. The number of benzene rings is 1. The number of ether oxygens (including phenoxy) is 2. The lowest BCUT2D eigenvalue weighted by Crippen LogP contribution is -3.00. The lowest BCUT2D eigenvalue weighted by Gasteiger charge is -2.24. The standard InChI is InChI=1S/C24H34N6O6.ClH/c1-15(31)28-20-14-16-8-10-17(11-9-16)36-13-4-3-6-19(23(34)35-2)30-21(32)18(29-22(20)33)7-5-12-27-24(25)26;/h3-4,8-11,18-20H,5-7,12-14H2,1-2H3,(H,28,31)(H,29,33)(H,30,32)(H4,25,26,27);1H/t18-,19-,20+;/m1./s1. The normalized spacial score (nSPS) is 20.2. The van der Waals surface area contributed by atoms with Gasteiger partial charge in [-0.25, -0.2) is 4.79 Å². The summed E-state index contributed by atoms with van der Waals surface area (Å²) in [5.74, 6) is -1.47. The van der Waals surface area contributed by atoms with Crippen molar-refractivity contribution in [3.8, 4) is 5.75 Å². The van der Waals surface area contributed by atoms with Crippen LogP contribution in [0.15, 0.2) is 36.4 Å². The number of hydrogen-bond donors (Lipinski definition) is 6. The fourth-order valence-corrected chi connectivity index (χ4v) is 3.57. The van der Waals surface area contributed by atoms with Gasteiger partial charge in [0.2, 0.25) is 17.7 Å². The molecule has 1 aromatic rings. The minimum absolute atomic E-state index is 0. The number of methoxy groups -OCH3 is 1. The summed E-state index contributed by atoms with van der Waals surface area (Å²) < 4.78 is 10.5. The van der Waals surface area contributed by atoms with Crippen molar-refractivity contribution in [3.05, 3.63) is 42.0 Å². The minimum Gasteiger partial charge on any atom is -1.00 e. The highest BCUT2D eigenvalue weighted by molar-refractivity contribution is 5.93. The van der Waals surface area contributed by atoms with Crippen molar-refractivity contribution in [2.75, 3.05) is 20.3 Å². The van der Waals surface area contributed by atoms with Gasteiger partial charge in [-0.3, -0.25) is 30.8 Å². The molecule has 0 unspecified atom stereocenters. The molecule has 2 heterocycles. The summed E-state index contributed by atoms with van der Waals surface area (Å²) in [7, 11) is 1.23. The molecule has 2 bridgehead atoms. The van der Waals surface area contributed by atoms with Crippen LogP contribution in [0.4, 0.5) is 0 Å². The molecule has 3 atom stereocenters. The van der Waals surface area contributed by atoms with E-state index in [1.54, 1.807) is 36.4 Å². The molecule has 0 radical (unpaired) electrons. The Morgan fingerprint density at radius 3 is 2.46 bits per heavy atom. The molecular formula is C24H35ClN6O6. The zero-order chi connectivity index (χ0) is 26.5. The van der Waals surface area contributed by atoms with E-state index >= 15 is 0 Å². The molecule has 3 amide bonds. The summed E-state index contributed by atoms with van der Waals surface area (Å²) >= 11 is 0. The van der Waals surface area contributed by atoms with Crippen LogP contribution in [0.25, 0.3) is 0 Å². The van der Waals surface area contributed by atoms with E-state index in [0.29, 0.717) is 18.7 Å². The summed E-state index contributed by atoms with van der Waals surface area (Å²) in [5.41, 5.74) is 11.6. The number of hydrogen-bond acceptors (Lipinski definition) is 6. The average Bonchev–Trinajstić information content (AvgIpc) is 2.84. The molecule has 0 fully saturated rings. The Labute approximate surface area is 222 Å². The van der Waals surface area contributed by atoms with Crippen LogP contribution in [-0.4, -0.2) is 68.0 Å². The molecule has 8 N–H and O–H groups in total. The number of nitrogens with one attached hydrogen (secondary N) is 4. The first-order valence-electron chi connectivity index (χ1n) is 11.6. The maximum Gasteiger partial charge on any atom is 0.338 e. The molecule has 0 spiro atoms. The number of nitrogens with two attached hydrogens (primary N) is 2. The van der Waals surface area contributed by atoms with Gasteiger partial charge >= 0.3 is 11.9 Å². The molecule has 0 aromatic heterocycles. The van der Waals surface area contributed by atoms with Crippen LogP contribution >= 0.6 is 0 Å². The number of esters is 1. The lowest BCUT2D eigenvalue weighted by molar-refractivity contribution is -0.459. The van der Waals surface area contributed by atoms with Crippen molar-refractivity contribution in [1.29, 1.82) is 0 Å². The van der Waals surface area contributed by atoms with Gasteiger partial charge in [0.1, 0.15) is 30.5 Å². The molecule has 0 aliphatic carbocycles. The van der Waals surface area contributed by atoms with E-state index in [2.05, 4.69) is 20.9 Å². The van der Waals surface area contributed by atoms with Crippen molar-refractivity contribution in [2.24, 2.45) is 11.5 Å². The maximum absolute atomic E-state index is 13.2. The number of guanidine groups is 1. The monoisotopic (exact) mass is 538 g/mol. The van der Waals surface area contributed by atoms with Crippen LogP contribution < -0.4 is 49.6 Å². The SMILES string of the molecule is COC(=O)[C@H]1CC=CCOc2ccc(cc2)C[C@H](NC(C)=O)C(=O)N[C@H](CCC[NH+]=C(N)N)C(=O)N1.[Cl-]. The van der Waals surface area contributed by atoms with Gasteiger partial charge in [-0.05, 0) is 37.0 Å². The highest BCUT2D eigenvalue weighted by atomic mass is 35.5. The van der Waals surface area contributed by atoms with E-state index in [1.807, 2.05) is 0 Å². The van der Waals surface area contributed by atoms with E-state index in [1.165, 1.54) is 14.0 Å². The smallest absolute Gasteiger partial charge is 0.338 e. The molecular weight excluding hydrogens is 504 g/mol. The van der Waals surface area contributed by atoms with Crippen molar-refractivity contribution in [3.63, 3.8) is 0 Å². The third-order valence-electron chi connectivity index (χ3n) is 5.38. The van der Waals surface area contributed by atoms with Gasteiger partial charge in [-0.2, -0.15) is 0 Å². The van der Waals surface area contributed by atoms with Gasteiger partial charge in [0, 0.05) is 13.3 Å². The highest BCUT2D eigenvalue weighted by Gasteiger charge is 2.29. The summed E-state index contributed by atoms with van der Waals surface area (Å²) in [6.45, 7) is 1.93. The van der Waals surface area contributed by atoms with Crippen molar-refractivity contribution in [2.45, 2.75) is 50.7 Å². The summed E-state index contributed by atoms with van der Waals surface area (Å²) in [5, 5.41) is 8.00. The van der Waals surface area contributed by atoms with Gasteiger partial charge in [-0.1, -0.05) is 24.3 Å². The van der Waals surface area contributed by atoms with Crippen molar-refractivity contribution >= 4 is 29.7 Å². The van der Waals surface area contributed by atoms with E-state index in [4.69, 9.17) is 20.9 Å². The van der Waals surface area contributed by atoms with Crippen LogP contribution in [0.2, 0.25) is 0 Å². The molecule has 13 heteroatoms. The Balaban J connectivity index is 0.00000684. The number of amides is 3. The Kier molecular flexibility index (Phi) is 13.5. The molecule has 2 aliphatic rings. The fourth-order valence-electron chi connectivity index (χ4n) is 3.57. The van der Waals surface area contributed by atoms with Crippen molar-refractivity contribution in [1.82, 2.24) is 16.0 Å². The molecule has 1 aromatic carbocycles. The molecule has 2 aliphatic heterocycles. The molecule has 204 valence electrons. The van der Waals surface area contributed by atoms with Gasteiger partial charge in [0.05, 0.1) is 13.7 Å². The van der Waals surface area contributed by atoms with E-state index in [-0.39, 0.29) is 44.2 Å². The second-order valence-electron chi connectivity index (χ2n) is 8.29. The fraction of sp³-hybridized carbons (Fsp3) is 0.458. The first kappa shape index (κ1) is 31.2. The van der Waals surface area contributed by atoms with Crippen LogP contribution in [-0.2, 0) is 30.3 Å². The van der Waals surface area contributed by atoms with E-state index < -0.39 is 41.8 Å². The first-order valence-corrected chi connectivity index (χ1v) is 11.6. The molecule has 37 heavy (non-hydrogen) atoms. The first-order chi connectivity index (χ1) is 17.2. The summed E-state index contributed by atoms with van der Waals surface area (Å²) in [6, 6.07) is 4.25. The topological polar surface area (TPSA) is 189 Å². The van der Waals surface area contributed by atoms with Crippen LogP contribution in [0.1, 0.15) is 31.7 Å². The molecule has 3 rings (SSSR count). The number of fused-ring (bicyclic) bond motifs is 13. The van der Waals surface area contributed by atoms with E-state index in [0.717, 1.165) is 5.56 Å². The third-order valence-corrected chi connectivity index (χ3v) is 5.38. The van der Waals surface area contributed by atoms with E-state index in [9.17, 15) is 19.2 Å². The second-order valence-corrected chi connectivity index (χ2v) is 8.29. The van der Waals surface area contributed by atoms with Gasteiger partial charge in [0.15, 0.2) is 0 Å². The van der Waals surface area contributed by atoms with Gasteiger partial charge in [0.25, 0.3) is 0 Å². The largest absolute Gasteiger partial charge is 1.00 e. The molecule has 12 nitrogen and oxygen atoms in total. The number of carbonyl (C=O) groups excluding carboxylic acids is 4. The molecule has 0 saturated heterocycles. The molecule has 0 saturated carbocycles. The number of carbonyl (C=O) groups is 4. The van der Waals surface area contributed by atoms with Crippen LogP contribution in [0, 0.1) is 0 Å². The highest BCUT2D eigenvalue weighted by Crippen LogP contribution is 2.14. The zero-order valence-electron chi connectivity index (χ0n) is 20.9. The Morgan fingerprint density at radius 2 is 1.84 bits per heavy atom. The van der Waals surface area contributed by atoms with Gasteiger partial charge in [-0.15, -0.1) is 0 Å². The van der Waals surface area contributed by atoms with Gasteiger partial charge < -0.3 is 37.8 Å². The maximum atomic E-state index is 13.2. The number of halogens is 1. The lowest BCUT2D eigenvalue weighted by atomic mass is 10.0. The average molecular weight is 539 g/mol. The predicted molar refractivity (Wildman–Crippen MR) is 131 cm³/mol. The summed E-state index contributed by atoms with van der Waals surface area (Å²) in [4.78, 5) is 53.2. The van der Waals surface area contributed by atoms with Crippen molar-refractivity contribution < 1.29 is 46.1 Å². The summed E-state index contributed by atoms with van der Waals surface area (Å²) in [6.07, 6.45) is 4.46. The Hall–Kier alpha value is -3.80. The Morgan fingerprint density at radius 1 is 1.14 bits per heavy atom. The van der Waals surface area contributed by atoms with Crippen LogP contribution in [0.3, 0.4) is 0 Å². The minimum atomic E-state index is -0.993. The quantitative estimate of drug-likeness (QED) is 0.0679. The second kappa shape index (κ2) is 16.0. The zero-order valence-corrected chi connectivity index (χ0v) is 21.7. The van der Waals surface area contributed by atoms with Crippen LogP contribution in [0.5, 0.6) is 5.75 Å². The Bertz CT molecular complexity index is 980. The third kappa shape index (κ3) is 11.2. The predicted octanol–water partition coefficient (Wildman–Crippen LogP) is -5.65.